The normalized spacial score (nSPS) is 27.6. The highest BCUT2D eigenvalue weighted by atomic mass is 32.1. The molecule has 1 aliphatic rings. The Morgan fingerprint density at radius 3 is 2.79 bits per heavy atom. The third-order valence-electron chi connectivity index (χ3n) is 4.16. The molecule has 2 aromatic heterocycles. The quantitative estimate of drug-likeness (QED) is 0.930. The van der Waals surface area contributed by atoms with Crippen LogP contribution in [0, 0.1) is 5.92 Å². The zero-order valence-electron chi connectivity index (χ0n) is 11.1. The van der Waals surface area contributed by atoms with Crippen LogP contribution in [-0.2, 0) is 5.54 Å². The Morgan fingerprint density at radius 2 is 2.16 bits per heavy atom. The summed E-state index contributed by atoms with van der Waals surface area (Å²) in [4.78, 5) is 9.06. The predicted molar refractivity (Wildman–Crippen MR) is 81.3 cm³/mol. The van der Waals surface area contributed by atoms with E-state index in [9.17, 15) is 0 Å². The van der Waals surface area contributed by atoms with Crippen LogP contribution in [0.1, 0.15) is 44.0 Å². The number of nitrogens with zero attached hydrogens (tertiary/aromatic N) is 2. The van der Waals surface area contributed by atoms with Crippen molar-refractivity contribution in [2.75, 3.05) is 0 Å². The number of hydrogen-bond donors (Lipinski definition) is 1. The van der Waals surface area contributed by atoms with Crippen LogP contribution in [0.4, 0.5) is 0 Å². The van der Waals surface area contributed by atoms with Gasteiger partial charge < -0.3 is 5.73 Å². The Morgan fingerprint density at radius 1 is 1.37 bits per heavy atom. The largest absolute Gasteiger partial charge is 0.319 e. The Hall–Kier alpha value is -0.780. The summed E-state index contributed by atoms with van der Waals surface area (Å²) in [7, 11) is 0. The van der Waals surface area contributed by atoms with Crippen LogP contribution in [-0.4, -0.2) is 9.97 Å². The predicted octanol–water partition coefficient (Wildman–Crippen LogP) is 4.02. The Balaban J connectivity index is 1.79. The molecule has 3 nitrogen and oxygen atoms in total. The first-order chi connectivity index (χ1) is 9.21. The van der Waals surface area contributed by atoms with Crippen LogP contribution in [0.3, 0.4) is 0 Å². The lowest BCUT2D eigenvalue weighted by Crippen LogP contribution is -2.40. The summed E-state index contributed by atoms with van der Waals surface area (Å²) < 4.78 is 0. The second-order valence-corrected chi connectivity index (χ2v) is 7.14. The fourth-order valence-electron chi connectivity index (χ4n) is 2.77. The SMILES string of the molecule is CCC1CCC(N)(c2nc(-c3nccs3)cs2)CC1. The van der Waals surface area contributed by atoms with E-state index in [4.69, 9.17) is 10.7 Å². The first kappa shape index (κ1) is 13.2. The molecule has 1 fully saturated rings. The van der Waals surface area contributed by atoms with Crippen molar-refractivity contribution in [3.8, 4) is 10.7 Å². The highest BCUT2D eigenvalue weighted by Gasteiger charge is 2.35. The van der Waals surface area contributed by atoms with Gasteiger partial charge in [0, 0.05) is 17.0 Å². The summed E-state index contributed by atoms with van der Waals surface area (Å²) >= 11 is 3.32. The van der Waals surface area contributed by atoms with E-state index in [0.29, 0.717) is 0 Å². The molecule has 19 heavy (non-hydrogen) atoms. The van der Waals surface area contributed by atoms with Gasteiger partial charge in [0.05, 0.1) is 5.54 Å². The first-order valence-electron chi connectivity index (χ1n) is 6.86. The fourth-order valence-corrected chi connectivity index (χ4v) is 4.42. The minimum Gasteiger partial charge on any atom is -0.319 e. The van der Waals surface area contributed by atoms with Crippen LogP contribution in [0.25, 0.3) is 10.7 Å². The van der Waals surface area contributed by atoms with Crippen molar-refractivity contribution < 1.29 is 0 Å². The average molecular weight is 293 g/mol. The van der Waals surface area contributed by atoms with Gasteiger partial charge in [0.25, 0.3) is 0 Å². The van der Waals surface area contributed by atoms with Gasteiger partial charge in [0.2, 0.25) is 0 Å². The van der Waals surface area contributed by atoms with Crippen LogP contribution in [0.15, 0.2) is 17.0 Å². The van der Waals surface area contributed by atoms with Crippen molar-refractivity contribution >= 4 is 22.7 Å². The molecule has 2 aromatic rings. The Labute approximate surface area is 121 Å². The molecule has 0 bridgehead atoms. The molecule has 0 saturated heterocycles. The number of aromatic nitrogens is 2. The van der Waals surface area contributed by atoms with Gasteiger partial charge in [-0.15, -0.1) is 22.7 Å². The minimum absolute atomic E-state index is 0.203. The van der Waals surface area contributed by atoms with Gasteiger partial charge in [-0.05, 0) is 31.6 Å². The van der Waals surface area contributed by atoms with E-state index in [1.807, 2.05) is 11.6 Å². The molecule has 0 amide bonds. The summed E-state index contributed by atoms with van der Waals surface area (Å²) in [5.74, 6) is 0.857. The van der Waals surface area contributed by atoms with Gasteiger partial charge in [0.1, 0.15) is 15.7 Å². The van der Waals surface area contributed by atoms with Crippen molar-refractivity contribution in [2.45, 2.75) is 44.6 Å². The zero-order valence-corrected chi connectivity index (χ0v) is 12.8. The average Bonchev–Trinajstić information content (AvgIpc) is 3.10. The van der Waals surface area contributed by atoms with Gasteiger partial charge in [-0.1, -0.05) is 13.3 Å². The molecule has 2 heterocycles. The van der Waals surface area contributed by atoms with Crippen molar-refractivity contribution in [2.24, 2.45) is 11.7 Å². The molecule has 0 atom stereocenters. The lowest BCUT2D eigenvalue weighted by molar-refractivity contribution is 0.231. The van der Waals surface area contributed by atoms with Crippen LogP contribution in [0.2, 0.25) is 0 Å². The Bertz CT molecular complexity index is 525. The molecule has 0 aliphatic heterocycles. The second-order valence-electron chi connectivity index (χ2n) is 5.38. The molecule has 3 rings (SSSR count). The maximum atomic E-state index is 6.59. The molecule has 1 aliphatic carbocycles. The van der Waals surface area contributed by atoms with Crippen LogP contribution >= 0.6 is 22.7 Å². The molecule has 0 unspecified atom stereocenters. The zero-order chi connectivity index (χ0) is 13.3. The van der Waals surface area contributed by atoms with E-state index in [1.54, 1.807) is 22.7 Å². The van der Waals surface area contributed by atoms with E-state index in [1.165, 1.54) is 19.3 Å². The Kier molecular flexibility index (Phi) is 3.69. The molecule has 0 radical (unpaired) electrons. The molecule has 0 spiro atoms. The van der Waals surface area contributed by atoms with Crippen LogP contribution in [0.5, 0.6) is 0 Å². The van der Waals surface area contributed by atoms with Crippen molar-refractivity contribution in [3.63, 3.8) is 0 Å². The molecule has 0 aromatic carbocycles. The van der Waals surface area contributed by atoms with Gasteiger partial charge in [-0.25, -0.2) is 9.97 Å². The smallest absolute Gasteiger partial charge is 0.142 e. The standard InChI is InChI=1S/C14H19N3S2/c1-2-10-3-5-14(15,6-4-10)13-17-11(9-19-13)12-16-7-8-18-12/h7-10H,2-6,15H2,1H3. The molecule has 2 N–H and O–H groups in total. The molecule has 102 valence electrons. The number of thiazole rings is 2. The van der Waals surface area contributed by atoms with Gasteiger partial charge in [-0.3, -0.25) is 0 Å². The minimum atomic E-state index is -0.203. The maximum Gasteiger partial charge on any atom is 0.142 e. The van der Waals surface area contributed by atoms with Crippen LogP contribution < -0.4 is 5.73 Å². The summed E-state index contributed by atoms with van der Waals surface area (Å²) in [5, 5.41) is 6.16. The van der Waals surface area contributed by atoms with E-state index < -0.39 is 0 Å². The number of hydrogen-bond acceptors (Lipinski definition) is 5. The van der Waals surface area contributed by atoms with Gasteiger partial charge in [0.15, 0.2) is 0 Å². The highest BCUT2D eigenvalue weighted by molar-refractivity contribution is 7.14. The van der Waals surface area contributed by atoms with Gasteiger partial charge >= 0.3 is 0 Å². The second kappa shape index (κ2) is 5.31. The maximum absolute atomic E-state index is 6.59. The van der Waals surface area contributed by atoms with E-state index in [-0.39, 0.29) is 5.54 Å². The fraction of sp³-hybridized carbons (Fsp3) is 0.571. The lowest BCUT2D eigenvalue weighted by Gasteiger charge is -2.35. The van der Waals surface area contributed by atoms with E-state index >= 15 is 0 Å². The third kappa shape index (κ3) is 2.59. The molecular weight excluding hydrogens is 274 g/mol. The summed E-state index contributed by atoms with van der Waals surface area (Å²) in [5.41, 5.74) is 7.38. The van der Waals surface area contributed by atoms with Crippen molar-refractivity contribution in [1.29, 1.82) is 0 Å². The highest BCUT2D eigenvalue weighted by Crippen LogP contribution is 2.40. The monoisotopic (exact) mass is 293 g/mol. The summed E-state index contributed by atoms with van der Waals surface area (Å²) in [6, 6.07) is 0. The lowest BCUT2D eigenvalue weighted by atomic mass is 9.76. The first-order valence-corrected chi connectivity index (χ1v) is 8.62. The molecule has 5 heteroatoms. The van der Waals surface area contributed by atoms with Gasteiger partial charge in [-0.2, -0.15) is 0 Å². The number of rotatable bonds is 3. The summed E-state index contributed by atoms with van der Waals surface area (Å²) in [6.45, 7) is 2.28. The third-order valence-corrected chi connectivity index (χ3v) is 6.01. The molecule has 1 saturated carbocycles. The van der Waals surface area contributed by atoms with E-state index in [2.05, 4.69) is 17.3 Å². The number of nitrogens with two attached hydrogens (primary N) is 1. The summed E-state index contributed by atoms with van der Waals surface area (Å²) in [6.07, 6.45) is 7.70. The van der Waals surface area contributed by atoms with E-state index in [0.717, 1.165) is 34.5 Å². The van der Waals surface area contributed by atoms with Crippen molar-refractivity contribution in [3.05, 3.63) is 22.0 Å². The molecular formula is C14H19N3S2. The van der Waals surface area contributed by atoms with Crippen molar-refractivity contribution in [1.82, 2.24) is 9.97 Å². The topological polar surface area (TPSA) is 51.8 Å².